The van der Waals surface area contributed by atoms with E-state index in [4.69, 9.17) is 28.6 Å². The molecule has 0 aliphatic carbocycles. The van der Waals surface area contributed by atoms with Crippen molar-refractivity contribution in [3.8, 4) is 0 Å². The Morgan fingerprint density at radius 1 is 1.53 bits per heavy atom. The Hall–Kier alpha value is -0.840. The van der Waals surface area contributed by atoms with Crippen LogP contribution < -0.4 is 10.6 Å². The summed E-state index contributed by atoms with van der Waals surface area (Å²) in [4.78, 5) is 0. The highest BCUT2D eigenvalue weighted by Gasteiger charge is 2.00. The van der Waals surface area contributed by atoms with E-state index in [1.807, 2.05) is 25.1 Å². The van der Waals surface area contributed by atoms with Crippen LogP contribution in [0.25, 0.3) is 0 Å². The van der Waals surface area contributed by atoms with Gasteiger partial charge >= 0.3 is 0 Å². The van der Waals surface area contributed by atoms with E-state index in [2.05, 4.69) is 10.6 Å². The molecule has 0 fully saturated rings. The van der Waals surface area contributed by atoms with Crippen LogP contribution in [0.3, 0.4) is 0 Å². The molecule has 0 saturated heterocycles. The molecule has 1 rings (SSSR count). The predicted molar refractivity (Wildman–Crippen MR) is 67.4 cm³/mol. The Morgan fingerprint density at radius 2 is 2.27 bits per heavy atom. The van der Waals surface area contributed by atoms with Crippen LogP contribution in [-0.4, -0.2) is 19.0 Å². The summed E-state index contributed by atoms with van der Waals surface area (Å²) in [6, 6.07) is 5.58. The zero-order chi connectivity index (χ0) is 11.3. The zero-order valence-electron chi connectivity index (χ0n) is 8.63. The van der Waals surface area contributed by atoms with Gasteiger partial charge in [-0.25, -0.2) is 0 Å². The fraction of sp³-hybridized carbons (Fsp3) is 0.300. The molecule has 2 N–H and O–H groups in total. The lowest BCUT2D eigenvalue weighted by molar-refractivity contribution is 0.193. The van der Waals surface area contributed by atoms with E-state index in [0.717, 1.165) is 11.3 Å². The number of anilines is 1. The Kier molecular flexibility index (Phi) is 4.81. The van der Waals surface area contributed by atoms with Gasteiger partial charge in [-0.2, -0.15) is 0 Å². The largest absolute Gasteiger partial charge is 0.365 e. The lowest BCUT2D eigenvalue weighted by atomic mass is 10.2. The first kappa shape index (κ1) is 12.2. The molecule has 1 aromatic rings. The Balaban J connectivity index is 2.60. The van der Waals surface area contributed by atoms with E-state index >= 15 is 0 Å². The molecule has 0 heterocycles. The van der Waals surface area contributed by atoms with E-state index in [9.17, 15) is 0 Å². The van der Waals surface area contributed by atoms with Gasteiger partial charge in [0.05, 0.1) is 0 Å². The number of hydrogen-bond donors (Lipinski definition) is 2. The summed E-state index contributed by atoms with van der Waals surface area (Å²) in [6.07, 6.45) is 0. The maximum Gasteiger partial charge on any atom is 0.172 e. The summed E-state index contributed by atoms with van der Waals surface area (Å²) in [5.41, 5.74) is 1.98. The molecule has 0 aromatic heterocycles. The van der Waals surface area contributed by atoms with Gasteiger partial charge in [-0.3, -0.25) is 0 Å². The van der Waals surface area contributed by atoms with E-state index in [0.29, 0.717) is 16.9 Å². The van der Waals surface area contributed by atoms with Gasteiger partial charge in [0, 0.05) is 17.8 Å². The monoisotopic (exact) mass is 244 g/mol. The topological polar surface area (TPSA) is 33.3 Å². The second-order valence-corrected chi connectivity index (χ2v) is 3.87. The van der Waals surface area contributed by atoms with Crippen molar-refractivity contribution in [1.29, 1.82) is 0 Å². The molecule has 3 nitrogen and oxygen atoms in total. The summed E-state index contributed by atoms with van der Waals surface area (Å²) in [5, 5.41) is 7.19. The number of halogens is 1. The Morgan fingerprint density at radius 3 is 2.87 bits per heavy atom. The third-order valence-corrected chi connectivity index (χ3v) is 2.30. The fourth-order valence-corrected chi connectivity index (χ4v) is 1.47. The fourth-order valence-electron chi connectivity index (χ4n) is 1.07. The van der Waals surface area contributed by atoms with Gasteiger partial charge in [-0.15, -0.1) is 0 Å². The summed E-state index contributed by atoms with van der Waals surface area (Å²) in [5.74, 6) is 0. The first-order valence-electron chi connectivity index (χ1n) is 4.43. The summed E-state index contributed by atoms with van der Waals surface area (Å²) in [7, 11) is 1.60. The van der Waals surface area contributed by atoms with E-state index in [-0.39, 0.29) is 0 Å². The lowest BCUT2D eigenvalue weighted by Crippen LogP contribution is -2.30. The van der Waals surface area contributed by atoms with Crippen LogP contribution in [0, 0.1) is 6.92 Å². The van der Waals surface area contributed by atoms with Crippen molar-refractivity contribution < 1.29 is 4.74 Å². The minimum absolute atomic E-state index is 0.387. The van der Waals surface area contributed by atoms with E-state index < -0.39 is 0 Å². The van der Waals surface area contributed by atoms with Crippen molar-refractivity contribution in [3.63, 3.8) is 0 Å². The Labute approximate surface area is 99.8 Å². The number of thiocarbonyl (C=S) groups is 1. The Bertz CT molecular complexity index is 357. The highest BCUT2D eigenvalue weighted by molar-refractivity contribution is 7.80. The van der Waals surface area contributed by atoms with Crippen molar-refractivity contribution in [2.75, 3.05) is 19.2 Å². The van der Waals surface area contributed by atoms with Crippen molar-refractivity contribution >= 4 is 34.6 Å². The molecule has 0 saturated carbocycles. The second-order valence-electron chi connectivity index (χ2n) is 3.02. The van der Waals surface area contributed by atoms with Gasteiger partial charge in [0.1, 0.15) is 6.73 Å². The summed E-state index contributed by atoms with van der Waals surface area (Å²) < 4.78 is 4.84. The molecular formula is C10H13ClN2OS. The summed E-state index contributed by atoms with van der Waals surface area (Å²) >= 11 is 10.9. The van der Waals surface area contributed by atoms with Gasteiger partial charge in [0.15, 0.2) is 5.11 Å². The molecule has 0 spiro atoms. The van der Waals surface area contributed by atoms with Gasteiger partial charge in [-0.1, -0.05) is 11.6 Å². The molecule has 82 valence electrons. The molecule has 0 amide bonds. The van der Waals surface area contributed by atoms with Crippen LogP contribution in [0.2, 0.25) is 5.02 Å². The smallest absolute Gasteiger partial charge is 0.172 e. The number of benzene rings is 1. The maximum absolute atomic E-state index is 5.84. The minimum Gasteiger partial charge on any atom is -0.365 e. The number of ether oxygens (including phenoxy) is 1. The molecule has 0 bridgehead atoms. The minimum atomic E-state index is 0.387. The van der Waals surface area contributed by atoms with Crippen LogP contribution in [-0.2, 0) is 4.74 Å². The first-order valence-corrected chi connectivity index (χ1v) is 5.22. The highest BCUT2D eigenvalue weighted by Crippen LogP contribution is 2.19. The predicted octanol–water partition coefficient (Wildman–Crippen LogP) is 2.54. The second kappa shape index (κ2) is 5.90. The third-order valence-electron chi connectivity index (χ3n) is 1.81. The molecule has 0 radical (unpaired) electrons. The van der Waals surface area contributed by atoms with Crippen LogP contribution in [0.1, 0.15) is 5.56 Å². The molecule has 1 aromatic carbocycles. The molecule has 15 heavy (non-hydrogen) atoms. The van der Waals surface area contributed by atoms with E-state index in [1.54, 1.807) is 7.11 Å². The maximum atomic E-state index is 5.84. The quantitative estimate of drug-likeness (QED) is 0.633. The van der Waals surface area contributed by atoms with E-state index in [1.165, 1.54) is 0 Å². The van der Waals surface area contributed by atoms with Gasteiger partial charge in [-0.05, 0) is 42.9 Å². The van der Waals surface area contributed by atoms with Crippen LogP contribution in [0.4, 0.5) is 5.69 Å². The van der Waals surface area contributed by atoms with Gasteiger partial charge in [0.2, 0.25) is 0 Å². The highest BCUT2D eigenvalue weighted by atomic mass is 35.5. The SMILES string of the molecule is COCNC(=S)Nc1ccc(Cl)cc1C. The van der Waals surface area contributed by atoms with Crippen molar-refractivity contribution in [2.24, 2.45) is 0 Å². The number of rotatable bonds is 3. The van der Waals surface area contributed by atoms with Crippen LogP contribution in [0.15, 0.2) is 18.2 Å². The number of aryl methyl sites for hydroxylation is 1. The average Bonchev–Trinajstić information content (AvgIpc) is 2.19. The van der Waals surface area contributed by atoms with Crippen molar-refractivity contribution in [3.05, 3.63) is 28.8 Å². The molecule has 0 aliphatic rings. The standard InChI is InChI=1S/C10H13ClN2OS/c1-7-5-8(11)3-4-9(7)13-10(15)12-6-14-2/h3-5H,6H2,1-2H3,(H2,12,13,15). The number of nitrogens with one attached hydrogen (secondary N) is 2. The number of hydrogen-bond acceptors (Lipinski definition) is 2. The number of methoxy groups -OCH3 is 1. The molecule has 0 atom stereocenters. The third kappa shape index (κ3) is 4.03. The molecule has 5 heteroatoms. The molecular weight excluding hydrogens is 232 g/mol. The van der Waals surface area contributed by atoms with Crippen LogP contribution in [0.5, 0.6) is 0 Å². The van der Waals surface area contributed by atoms with Gasteiger partial charge < -0.3 is 15.4 Å². The summed E-state index contributed by atoms with van der Waals surface area (Å²) in [6.45, 7) is 2.35. The zero-order valence-corrected chi connectivity index (χ0v) is 10.2. The van der Waals surface area contributed by atoms with Crippen LogP contribution >= 0.6 is 23.8 Å². The lowest BCUT2D eigenvalue weighted by Gasteiger charge is -2.11. The average molecular weight is 245 g/mol. The molecule has 0 aliphatic heterocycles. The first-order chi connectivity index (χ1) is 7.13. The van der Waals surface area contributed by atoms with Gasteiger partial charge in [0.25, 0.3) is 0 Å². The molecule has 0 unspecified atom stereocenters. The van der Waals surface area contributed by atoms with Crippen molar-refractivity contribution in [2.45, 2.75) is 6.92 Å². The normalized spacial score (nSPS) is 9.80. The van der Waals surface area contributed by atoms with Crippen molar-refractivity contribution in [1.82, 2.24) is 5.32 Å².